The van der Waals surface area contributed by atoms with Crippen molar-refractivity contribution in [3.63, 3.8) is 0 Å². The van der Waals surface area contributed by atoms with Crippen LogP contribution in [0.1, 0.15) is 44.5 Å². The van der Waals surface area contributed by atoms with Crippen molar-refractivity contribution in [2.45, 2.75) is 50.9 Å². The average Bonchev–Trinajstić information content (AvgIpc) is 3.65. The molecular weight excluding hydrogens is 1060 g/mol. The topological polar surface area (TPSA) is 77.4 Å². The van der Waals surface area contributed by atoms with Crippen molar-refractivity contribution in [2.75, 3.05) is 0 Å². The maximum atomic E-state index is 14.8. The van der Waals surface area contributed by atoms with E-state index in [1.54, 1.807) is 60.7 Å². The van der Waals surface area contributed by atoms with Crippen LogP contribution in [0.3, 0.4) is 0 Å². The number of fused-ring (bicyclic) bond motifs is 14. The Morgan fingerprint density at radius 1 is 0.372 bits per heavy atom. The third-order valence-electron chi connectivity index (χ3n) is 14.6. The number of quaternary nitrogens is 1. The number of alkyl halides is 12. The maximum Gasteiger partial charge on any atom is 0.416 e. The SMILES string of the molecule is FC(F)(F)c1cc(-c2cc3ccccc3c3c2C[N+]2(Cc4ccc5ccccc5c4-c4c(ccc5ccccc45)C2)Cc2c(-c4cc(C(F)(F)F)cc(C(F)(F)F)c4)cc4ccccc4c2-3)cc(C(F)(F)F)c1.O=S(=O)([O-])O. The molecule has 0 amide bonds. The monoisotopic (exact) mass is 1100 g/mol. The predicted octanol–water partition coefficient (Wildman–Crippen LogP) is 17.6. The van der Waals surface area contributed by atoms with Crippen LogP contribution in [0.25, 0.3) is 87.6 Å². The van der Waals surface area contributed by atoms with Crippen LogP contribution in [0.4, 0.5) is 52.7 Å². The number of halogens is 12. The first kappa shape index (κ1) is 52.3. The highest BCUT2D eigenvalue weighted by molar-refractivity contribution is 7.79. The fraction of sp³-hybridized carbons (Fsp3) is 0.133. The predicted molar refractivity (Wildman–Crippen MR) is 272 cm³/mol. The van der Waals surface area contributed by atoms with Crippen molar-refractivity contribution in [3.8, 4) is 44.5 Å². The van der Waals surface area contributed by atoms with Gasteiger partial charge in [-0.25, -0.2) is 8.42 Å². The third kappa shape index (κ3) is 9.71. The van der Waals surface area contributed by atoms with E-state index in [0.29, 0.717) is 68.1 Å². The van der Waals surface area contributed by atoms with Crippen LogP contribution in [0, 0.1) is 0 Å². The summed E-state index contributed by atoms with van der Waals surface area (Å²) in [6.07, 6.45) is -20.8. The highest BCUT2D eigenvalue weighted by Gasteiger charge is 2.44. The molecule has 2 aliphatic heterocycles. The second-order valence-electron chi connectivity index (χ2n) is 19.6. The van der Waals surface area contributed by atoms with Crippen LogP contribution < -0.4 is 0 Å². The fourth-order valence-corrected chi connectivity index (χ4v) is 11.6. The number of hydrogen-bond donors (Lipinski definition) is 1. The van der Waals surface area contributed by atoms with E-state index in [-0.39, 0.29) is 65.0 Å². The van der Waals surface area contributed by atoms with Crippen LogP contribution in [0.15, 0.2) is 170 Å². The van der Waals surface area contributed by atoms with Gasteiger partial charge in [-0.15, -0.1) is 0 Å². The molecule has 0 saturated heterocycles. The molecule has 5 nitrogen and oxygen atoms in total. The summed E-state index contributed by atoms with van der Waals surface area (Å²) >= 11 is 0. The molecule has 0 bridgehead atoms. The molecule has 2 heterocycles. The quantitative estimate of drug-likeness (QED) is 0.0810. The first-order valence-corrected chi connectivity index (χ1v) is 25.2. The van der Waals surface area contributed by atoms with E-state index < -0.39 is 57.4 Å². The van der Waals surface area contributed by atoms with Crippen LogP contribution in [0.5, 0.6) is 0 Å². The Morgan fingerprint density at radius 2 is 0.654 bits per heavy atom. The Labute approximate surface area is 436 Å². The Hall–Kier alpha value is -7.77. The summed E-state index contributed by atoms with van der Waals surface area (Å²) in [4.78, 5) is 0. The molecule has 78 heavy (non-hydrogen) atoms. The lowest BCUT2D eigenvalue weighted by atomic mass is 9.81. The van der Waals surface area contributed by atoms with Gasteiger partial charge in [0.2, 0.25) is 10.4 Å². The van der Waals surface area contributed by atoms with Crippen LogP contribution >= 0.6 is 0 Å². The molecule has 1 N–H and O–H groups in total. The van der Waals surface area contributed by atoms with Crippen LogP contribution in [0.2, 0.25) is 0 Å². The van der Waals surface area contributed by atoms with E-state index in [4.69, 9.17) is 17.5 Å². The number of benzene rings is 10. The minimum atomic E-state index is -5.20. The summed E-state index contributed by atoms with van der Waals surface area (Å²) in [6, 6.07) is 43.4. The van der Waals surface area contributed by atoms with Gasteiger partial charge in [0, 0.05) is 33.4 Å². The summed E-state index contributed by atoms with van der Waals surface area (Å²) in [6.45, 7) is 0.246. The van der Waals surface area contributed by atoms with Gasteiger partial charge in [0.1, 0.15) is 26.2 Å². The first-order valence-electron chi connectivity index (χ1n) is 23.9. The second kappa shape index (κ2) is 18.4. The van der Waals surface area contributed by atoms with Crippen molar-refractivity contribution in [3.05, 3.63) is 214 Å². The summed E-state index contributed by atoms with van der Waals surface area (Å²) < 4.78 is 211. The molecule has 0 fully saturated rings. The van der Waals surface area contributed by atoms with E-state index in [0.717, 1.165) is 43.8 Å². The minimum Gasteiger partial charge on any atom is -0.726 e. The van der Waals surface area contributed by atoms with Crippen molar-refractivity contribution >= 4 is 53.5 Å². The smallest absolute Gasteiger partial charge is 0.416 e. The molecule has 18 heteroatoms. The van der Waals surface area contributed by atoms with E-state index >= 15 is 0 Å². The molecule has 0 radical (unpaired) electrons. The van der Waals surface area contributed by atoms with Crippen molar-refractivity contribution in [1.29, 1.82) is 0 Å². The van der Waals surface area contributed by atoms with Gasteiger partial charge in [0.05, 0.1) is 22.3 Å². The van der Waals surface area contributed by atoms with Crippen LogP contribution in [-0.4, -0.2) is 22.0 Å². The maximum absolute atomic E-state index is 14.8. The van der Waals surface area contributed by atoms with Gasteiger partial charge in [-0.2, -0.15) is 52.7 Å². The highest BCUT2D eigenvalue weighted by atomic mass is 32.3. The molecule has 12 rings (SSSR count). The summed E-state index contributed by atoms with van der Waals surface area (Å²) in [5, 5.41) is 5.60. The zero-order valence-electron chi connectivity index (χ0n) is 40.1. The van der Waals surface area contributed by atoms with Crippen molar-refractivity contribution in [1.82, 2.24) is 0 Å². The van der Waals surface area contributed by atoms with Gasteiger partial charge in [0.15, 0.2) is 0 Å². The molecule has 10 aromatic carbocycles. The molecule has 0 saturated carbocycles. The molecular formula is C60H37F12NO4S. The van der Waals surface area contributed by atoms with Crippen molar-refractivity contribution < 1.29 is 74.7 Å². The Morgan fingerprint density at radius 3 is 0.962 bits per heavy atom. The second-order valence-corrected chi connectivity index (χ2v) is 20.5. The van der Waals surface area contributed by atoms with Gasteiger partial charge >= 0.3 is 24.7 Å². The lowest BCUT2D eigenvalue weighted by Gasteiger charge is -2.39. The zero-order chi connectivity index (χ0) is 55.5. The Kier molecular flexibility index (Phi) is 12.4. The molecule has 2 aliphatic rings. The Bertz CT molecular complexity index is 3890. The lowest BCUT2D eigenvalue weighted by Crippen LogP contribution is -2.44. The standard InChI is InChI=1S/C60H36F12N.H2O4S/c61-57(62,63)41-21-39(22-42(27-41)58(64,65)66)49-25-35-11-3-7-15-47(35)55-51(49)31-73(29-37-19-17-33-9-1-5-13-45(33)53(37)54-38(30-73)20-18-34-10-2-6-14-46(34)54)32-52-50(26-36-12-4-8-16-48(36)56(52)55)40-23-43(59(67,68)69)28-44(24-40)60(70,71)72;1-5(2,3)4/h1-28H,29-32H2;(H2,1,2,3,4)/q+1;/p-1. The van der Waals surface area contributed by atoms with E-state index in [1.165, 1.54) is 0 Å². The van der Waals surface area contributed by atoms with Gasteiger partial charge in [-0.05, 0) is 125 Å². The zero-order valence-corrected chi connectivity index (χ0v) is 40.9. The largest absolute Gasteiger partial charge is 0.726 e. The molecule has 10 aromatic rings. The number of nitrogens with zero attached hydrogens (tertiary/aromatic N) is 1. The summed E-state index contributed by atoms with van der Waals surface area (Å²) in [7, 11) is -4.92. The first-order chi connectivity index (χ1) is 36.6. The van der Waals surface area contributed by atoms with Crippen LogP contribution in [-0.2, 0) is 61.3 Å². The van der Waals surface area contributed by atoms with Gasteiger partial charge in [0.25, 0.3) is 0 Å². The van der Waals surface area contributed by atoms with Crippen molar-refractivity contribution in [2.24, 2.45) is 0 Å². The normalized spacial score (nSPS) is 14.5. The summed E-state index contributed by atoms with van der Waals surface area (Å²) in [5.74, 6) is 0. The van der Waals surface area contributed by atoms with E-state index in [2.05, 4.69) is 0 Å². The minimum absolute atomic E-state index is 0.0382. The number of rotatable bonds is 2. The molecule has 0 aliphatic carbocycles. The molecule has 0 atom stereocenters. The summed E-state index contributed by atoms with van der Waals surface area (Å²) in [5.41, 5.74) is -1.72. The van der Waals surface area contributed by atoms with Gasteiger partial charge in [-0.3, -0.25) is 4.55 Å². The lowest BCUT2D eigenvalue weighted by molar-refractivity contribution is -0.977. The highest BCUT2D eigenvalue weighted by Crippen LogP contribution is 2.54. The molecule has 1 spiro atoms. The van der Waals surface area contributed by atoms with Gasteiger partial charge < -0.3 is 9.04 Å². The van der Waals surface area contributed by atoms with Gasteiger partial charge in [-0.1, -0.05) is 121 Å². The molecule has 0 unspecified atom stereocenters. The van der Waals surface area contributed by atoms with E-state index in [9.17, 15) is 52.7 Å². The molecule has 0 aromatic heterocycles. The third-order valence-corrected chi connectivity index (χ3v) is 14.6. The van der Waals surface area contributed by atoms with E-state index in [1.807, 2.05) is 72.8 Å². The number of hydrogen-bond acceptors (Lipinski definition) is 3. The Balaban J connectivity index is 0.00000124. The fourth-order valence-electron chi connectivity index (χ4n) is 11.6. The average molecular weight is 1100 g/mol. The molecule has 396 valence electrons.